The molecule has 0 saturated heterocycles. The highest BCUT2D eigenvalue weighted by Crippen LogP contribution is 2.25. The van der Waals surface area contributed by atoms with Crippen molar-refractivity contribution in [3.05, 3.63) is 71.3 Å². The number of rotatable bonds is 9. The normalized spacial score (nSPS) is 11.1. The molecular weight excluding hydrogens is 350 g/mol. The van der Waals surface area contributed by atoms with Crippen LogP contribution < -0.4 is 0 Å². The quantitative estimate of drug-likeness (QED) is 0.609. The summed E-state index contributed by atoms with van der Waals surface area (Å²) in [6, 6.07) is 18.2. The van der Waals surface area contributed by atoms with E-state index in [9.17, 15) is 9.59 Å². The van der Waals surface area contributed by atoms with Crippen LogP contribution in [0.25, 0.3) is 0 Å². The van der Waals surface area contributed by atoms with Gasteiger partial charge in [-0.2, -0.15) is 0 Å². The molecule has 0 radical (unpaired) electrons. The number of amides is 1. The van der Waals surface area contributed by atoms with Gasteiger partial charge in [0, 0.05) is 18.4 Å². The molecule has 0 aliphatic heterocycles. The molecule has 0 aliphatic rings. The first-order chi connectivity index (χ1) is 13.3. The maximum Gasteiger partial charge on any atom is 0.325 e. The van der Waals surface area contributed by atoms with Gasteiger partial charge in [-0.05, 0) is 31.4 Å². The first-order valence-electron chi connectivity index (χ1n) is 9.86. The first kappa shape index (κ1) is 21.7. The minimum absolute atomic E-state index is 0.0172. The summed E-state index contributed by atoms with van der Waals surface area (Å²) in [5, 5.41) is 0. The standard InChI is InChI=1S/C24H31NO3/c1-5-28-23(27)17-25(22(26)15-14-20-11-7-6-8-12-20)18-24(3,4)21-13-9-10-19(2)16-21/h6-13,16H,5,14-15,17-18H2,1-4H3. The lowest BCUT2D eigenvalue weighted by Crippen LogP contribution is -2.44. The van der Waals surface area contributed by atoms with Crippen LogP contribution in [0.1, 0.15) is 43.9 Å². The molecule has 0 unspecified atom stereocenters. The zero-order valence-electron chi connectivity index (χ0n) is 17.4. The molecule has 0 spiro atoms. The monoisotopic (exact) mass is 381 g/mol. The smallest absolute Gasteiger partial charge is 0.325 e. The average molecular weight is 382 g/mol. The Balaban J connectivity index is 2.13. The van der Waals surface area contributed by atoms with Gasteiger partial charge in [-0.1, -0.05) is 74.0 Å². The molecule has 2 aromatic carbocycles. The summed E-state index contributed by atoms with van der Waals surface area (Å²) in [4.78, 5) is 26.7. The molecule has 0 atom stereocenters. The molecule has 0 bridgehead atoms. The zero-order chi connectivity index (χ0) is 20.6. The zero-order valence-corrected chi connectivity index (χ0v) is 17.4. The number of aryl methyl sites for hydroxylation is 2. The highest BCUT2D eigenvalue weighted by atomic mass is 16.5. The molecule has 0 aromatic heterocycles. The van der Waals surface area contributed by atoms with Crippen molar-refractivity contribution >= 4 is 11.9 Å². The van der Waals surface area contributed by atoms with E-state index in [1.165, 1.54) is 5.56 Å². The van der Waals surface area contributed by atoms with Gasteiger partial charge in [-0.3, -0.25) is 9.59 Å². The molecule has 2 aromatic rings. The van der Waals surface area contributed by atoms with Gasteiger partial charge in [-0.25, -0.2) is 0 Å². The predicted octanol–water partition coefficient (Wildman–Crippen LogP) is 4.30. The number of nitrogens with zero attached hydrogens (tertiary/aromatic N) is 1. The van der Waals surface area contributed by atoms with E-state index < -0.39 is 0 Å². The van der Waals surface area contributed by atoms with Crippen LogP contribution in [-0.2, 0) is 26.2 Å². The number of hydrogen-bond donors (Lipinski definition) is 0. The number of benzene rings is 2. The molecule has 0 fully saturated rings. The number of hydrogen-bond acceptors (Lipinski definition) is 3. The van der Waals surface area contributed by atoms with Crippen LogP contribution in [-0.4, -0.2) is 36.5 Å². The Morgan fingerprint density at radius 3 is 2.39 bits per heavy atom. The van der Waals surface area contributed by atoms with Crippen LogP contribution in [0.2, 0.25) is 0 Å². The fraction of sp³-hybridized carbons (Fsp3) is 0.417. The largest absolute Gasteiger partial charge is 0.465 e. The van der Waals surface area contributed by atoms with E-state index in [1.54, 1.807) is 11.8 Å². The Hall–Kier alpha value is -2.62. The number of carbonyl (C=O) groups is 2. The maximum atomic E-state index is 13.0. The third kappa shape index (κ3) is 6.52. The third-order valence-electron chi connectivity index (χ3n) is 4.83. The second-order valence-corrected chi connectivity index (χ2v) is 7.79. The topological polar surface area (TPSA) is 46.6 Å². The highest BCUT2D eigenvalue weighted by molar-refractivity contribution is 5.82. The minimum atomic E-state index is -0.365. The van der Waals surface area contributed by atoms with Crippen molar-refractivity contribution in [2.75, 3.05) is 19.7 Å². The van der Waals surface area contributed by atoms with Gasteiger partial charge >= 0.3 is 5.97 Å². The summed E-state index contributed by atoms with van der Waals surface area (Å²) in [5.41, 5.74) is 3.17. The molecule has 4 heteroatoms. The molecule has 0 N–H and O–H groups in total. The summed E-state index contributed by atoms with van der Waals surface area (Å²) in [7, 11) is 0. The number of ether oxygens (including phenoxy) is 1. The van der Waals surface area contributed by atoms with Crippen LogP contribution in [0.5, 0.6) is 0 Å². The molecule has 0 saturated carbocycles. The fourth-order valence-electron chi connectivity index (χ4n) is 3.28. The van der Waals surface area contributed by atoms with E-state index in [0.717, 1.165) is 11.1 Å². The Morgan fingerprint density at radius 2 is 1.75 bits per heavy atom. The summed E-state index contributed by atoms with van der Waals surface area (Å²) in [5.74, 6) is -0.395. The first-order valence-corrected chi connectivity index (χ1v) is 9.86. The van der Waals surface area contributed by atoms with Crippen molar-refractivity contribution in [2.45, 2.75) is 46.0 Å². The van der Waals surface area contributed by atoms with Crippen molar-refractivity contribution in [1.82, 2.24) is 4.90 Å². The molecule has 0 heterocycles. The van der Waals surface area contributed by atoms with Gasteiger partial charge in [0.1, 0.15) is 6.54 Å². The van der Waals surface area contributed by atoms with E-state index in [2.05, 4.69) is 39.0 Å². The molecule has 0 aliphatic carbocycles. The van der Waals surface area contributed by atoms with Crippen LogP contribution in [0.15, 0.2) is 54.6 Å². The maximum absolute atomic E-state index is 13.0. The fourth-order valence-corrected chi connectivity index (χ4v) is 3.28. The number of esters is 1. The van der Waals surface area contributed by atoms with E-state index in [-0.39, 0.29) is 23.8 Å². The summed E-state index contributed by atoms with van der Waals surface area (Å²) < 4.78 is 5.09. The highest BCUT2D eigenvalue weighted by Gasteiger charge is 2.28. The van der Waals surface area contributed by atoms with Gasteiger partial charge < -0.3 is 9.64 Å². The predicted molar refractivity (Wildman–Crippen MR) is 112 cm³/mol. The van der Waals surface area contributed by atoms with E-state index >= 15 is 0 Å². The van der Waals surface area contributed by atoms with Crippen LogP contribution in [0, 0.1) is 6.92 Å². The molecule has 1 amide bonds. The molecule has 150 valence electrons. The van der Waals surface area contributed by atoms with Crippen molar-refractivity contribution in [1.29, 1.82) is 0 Å². The Labute approximate surface area is 168 Å². The van der Waals surface area contributed by atoms with Crippen molar-refractivity contribution in [3.63, 3.8) is 0 Å². The van der Waals surface area contributed by atoms with Crippen LogP contribution in [0.3, 0.4) is 0 Å². The second kappa shape index (κ2) is 10.1. The second-order valence-electron chi connectivity index (χ2n) is 7.79. The Bertz CT molecular complexity index is 783. The molecule has 28 heavy (non-hydrogen) atoms. The van der Waals surface area contributed by atoms with Gasteiger partial charge in [0.05, 0.1) is 6.61 Å². The molecule has 2 rings (SSSR count). The lowest BCUT2D eigenvalue weighted by Gasteiger charge is -2.33. The minimum Gasteiger partial charge on any atom is -0.465 e. The van der Waals surface area contributed by atoms with Crippen LogP contribution in [0.4, 0.5) is 0 Å². The summed E-state index contributed by atoms with van der Waals surface area (Å²) in [6.07, 6.45) is 1.02. The van der Waals surface area contributed by atoms with E-state index in [4.69, 9.17) is 4.74 Å². The van der Waals surface area contributed by atoms with E-state index in [1.807, 2.05) is 36.4 Å². The third-order valence-corrected chi connectivity index (χ3v) is 4.83. The van der Waals surface area contributed by atoms with E-state index in [0.29, 0.717) is 26.0 Å². The van der Waals surface area contributed by atoms with Crippen LogP contribution >= 0.6 is 0 Å². The summed E-state index contributed by atoms with van der Waals surface area (Å²) in [6.45, 7) is 8.79. The average Bonchev–Trinajstić information content (AvgIpc) is 2.66. The Kier molecular flexibility index (Phi) is 7.80. The lowest BCUT2D eigenvalue weighted by molar-refractivity contribution is -0.149. The van der Waals surface area contributed by atoms with Gasteiger partial charge in [0.2, 0.25) is 5.91 Å². The summed E-state index contributed by atoms with van der Waals surface area (Å²) >= 11 is 0. The SMILES string of the molecule is CCOC(=O)CN(CC(C)(C)c1cccc(C)c1)C(=O)CCc1ccccc1. The van der Waals surface area contributed by atoms with Gasteiger partial charge in [0.15, 0.2) is 0 Å². The molecular formula is C24H31NO3. The van der Waals surface area contributed by atoms with Gasteiger partial charge in [0.25, 0.3) is 0 Å². The van der Waals surface area contributed by atoms with Crippen molar-refractivity contribution in [3.8, 4) is 0 Å². The van der Waals surface area contributed by atoms with Gasteiger partial charge in [-0.15, -0.1) is 0 Å². The lowest BCUT2D eigenvalue weighted by atomic mass is 9.83. The van der Waals surface area contributed by atoms with Crippen molar-refractivity contribution in [2.24, 2.45) is 0 Å². The van der Waals surface area contributed by atoms with Crippen molar-refractivity contribution < 1.29 is 14.3 Å². The number of carbonyl (C=O) groups excluding carboxylic acids is 2. The Morgan fingerprint density at radius 1 is 1.04 bits per heavy atom. The molecule has 4 nitrogen and oxygen atoms in total.